The summed E-state index contributed by atoms with van der Waals surface area (Å²) < 4.78 is 0.619. The minimum atomic E-state index is -0.577. The number of carbonyl (C=O) groups is 1. The Morgan fingerprint density at radius 2 is 2.25 bits per heavy atom. The average Bonchev–Trinajstić information content (AvgIpc) is 2.27. The lowest BCUT2D eigenvalue weighted by Gasteiger charge is -2.33. The lowest BCUT2D eigenvalue weighted by Crippen LogP contribution is -2.47. The maximum atomic E-state index is 12.1. The van der Waals surface area contributed by atoms with E-state index in [1.807, 2.05) is 0 Å². The van der Waals surface area contributed by atoms with E-state index in [4.69, 9.17) is 0 Å². The van der Waals surface area contributed by atoms with Crippen molar-refractivity contribution in [3.63, 3.8) is 0 Å². The van der Waals surface area contributed by atoms with Crippen LogP contribution in [0.1, 0.15) is 24.2 Å². The summed E-state index contributed by atoms with van der Waals surface area (Å²) in [5, 5.41) is 9.20. The van der Waals surface area contributed by atoms with Gasteiger partial charge in [-0.1, -0.05) is 0 Å². The molecule has 16 heavy (non-hydrogen) atoms. The number of likely N-dealkylation sites (N-methyl/N-ethyl adjacent to an activating group) is 1. The van der Waals surface area contributed by atoms with Crippen LogP contribution in [0.3, 0.4) is 0 Å². The molecule has 5 heteroatoms. The van der Waals surface area contributed by atoms with Crippen LogP contribution in [-0.2, 0) is 0 Å². The molecule has 0 bridgehead atoms. The number of nitrogens with zero attached hydrogens (tertiary/aromatic N) is 2. The summed E-state index contributed by atoms with van der Waals surface area (Å²) >= 11 is 3.22. The molecule has 1 aromatic rings. The Bertz CT molecular complexity index is 393. The first-order valence-corrected chi connectivity index (χ1v) is 5.68. The summed E-state index contributed by atoms with van der Waals surface area (Å²) in [6, 6.07) is 3.31. The van der Waals surface area contributed by atoms with Crippen molar-refractivity contribution in [2.24, 2.45) is 0 Å². The van der Waals surface area contributed by atoms with Gasteiger partial charge < -0.3 is 10.0 Å². The molecule has 88 valence electrons. The number of amides is 1. The molecule has 1 aromatic heterocycles. The summed E-state index contributed by atoms with van der Waals surface area (Å²) in [5.41, 5.74) is -0.0294. The zero-order chi connectivity index (χ0) is 12.3. The van der Waals surface area contributed by atoms with Crippen LogP contribution in [0.4, 0.5) is 0 Å². The molecular formula is C11H15BrN2O2. The molecule has 0 aliphatic carbocycles. The number of halogens is 1. The van der Waals surface area contributed by atoms with Gasteiger partial charge in [0, 0.05) is 18.8 Å². The summed E-state index contributed by atoms with van der Waals surface area (Å²) in [5.74, 6) is -0.137. The first-order chi connectivity index (χ1) is 7.38. The van der Waals surface area contributed by atoms with E-state index in [0.717, 1.165) is 0 Å². The van der Waals surface area contributed by atoms with Gasteiger partial charge in [-0.05, 0) is 41.9 Å². The smallest absolute Gasteiger partial charge is 0.254 e. The van der Waals surface area contributed by atoms with Crippen molar-refractivity contribution in [1.29, 1.82) is 0 Å². The van der Waals surface area contributed by atoms with Crippen LogP contribution in [0.25, 0.3) is 0 Å². The second kappa shape index (κ2) is 4.93. The van der Waals surface area contributed by atoms with E-state index in [1.165, 1.54) is 4.90 Å². The highest BCUT2D eigenvalue weighted by Crippen LogP contribution is 2.16. The molecule has 4 nitrogen and oxygen atoms in total. The van der Waals surface area contributed by atoms with Gasteiger partial charge in [0.1, 0.15) is 4.60 Å². The predicted molar refractivity (Wildman–Crippen MR) is 65.2 cm³/mol. The largest absolute Gasteiger partial charge is 0.394 e. The monoisotopic (exact) mass is 286 g/mol. The number of rotatable bonds is 3. The second-order valence-electron chi connectivity index (χ2n) is 4.20. The van der Waals surface area contributed by atoms with Crippen molar-refractivity contribution < 1.29 is 9.90 Å². The van der Waals surface area contributed by atoms with Gasteiger partial charge in [-0.2, -0.15) is 0 Å². The van der Waals surface area contributed by atoms with E-state index in [-0.39, 0.29) is 12.5 Å². The molecule has 1 amide bonds. The molecule has 0 saturated heterocycles. The van der Waals surface area contributed by atoms with E-state index in [0.29, 0.717) is 10.2 Å². The van der Waals surface area contributed by atoms with Crippen molar-refractivity contribution in [2.75, 3.05) is 13.7 Å². The number of hydrogen-bond donors (Lipinski definition) is 1. The first kappa shape index (κ1) is 13.1. The Balaban J connectivity index is 2.95. The van der Waals surface area contributed by atoms with Gasteiger partial charge in [-0.15, -0.1) is 0 Å². The normalized spacial score (nSPS) is 11.3. The van der Waals surface area contributed by atoms with Crippen LogP contribution in [0.2, 0.25) is 0 Å². The minimum absolute atomic E-state index is 0.0819. The van der Waals surface area contributed by atoms with Crippen LogP contribution >= 0.6 is 15.9 Å². The first-order valence-electron chi connectivity index (χ1n) is 4.89. The number of aliphatic hydroxyl groups is 1. The molecule has 0 unspecified atom stereocenters. The lowest BCUT2D eigenvalue weighted by atomic mass is 10.0. The van der Waals surface area contributed by atoms with Crippen LogP contribution in [0.15, 0.2) is 22.9 Å². The minimum Gasteiger partial charge on any atom is -0.394 e. The molecule has 0 atom stereocenters. The molecule has 0 aliphatic rings. The van der Waals surface area contributed by atoms with Crippen molar-refractivity contribution in [3.05, 3.63) is 28.5 Å². The van der Waals surface area contributed by atoms with Gasteiger partial charge >= 0.3 is 0 Å². The van der Waals surface area contributed by atoms with Gasteiger partial charge in [0.05, 0.1) is 12.1 Å². The van der Waals surface area contributed by atoms with Crippen LogP contribution < -0.4 is 0 Å². The van der Waals surface area contributed by atoms with Gasteiger partial charge in [0.2, 0.25) is 0 Å². The molecule has 0 aromatic carbocycles. The Hall–Kier alpha value is -0.940. The number of aromatic nitrogens is 1. The quantitative estimate of drug-likeness (QED) is 0.861. The highest BCUT2D eigenvalue weighted by atomic mass is 79.9. The van der Waals surface area contributed by atoms with Crippen molar-refractivity contribution in [2.45, 2.75) is 19.4 Å². The molecular weight excluding hydrogens is 272 g/mol. The third kappa shape index (κ3) is 2.80. The van der Waals surface area contributed by atoms with E-state index in [2.05, 4.69) is 20.9 Å². The maximum absolute atomic E-state index is 12.1. The summed E-state index contributed by atoms with van der Waals surface area (Å²) in [7, 11) is 1.67. The highest BCUT2D eigenvalue weighted by Gasteiger charge is 2.27. The van der Waals surface area contributed by atoms with E-state index >= 15 is 0 Å². The molecule has 1 heterocycles. The zero-order valence-corrected chi connectivity index (χ0v) is 11.2. The Kier molecular flexibility index (Phi) is 4.04. The van der Waals surface area contributed by atoms with Gasteiger partial charge in [-0.3, -0.25) is 4.79 Å². The second-order valence-corrected chi connectivity index (χ2v) is 5.01. The lowest BCUT2D eigenvalue weighted by molar-refractivity contribution is 0.0473. The molecule has 0 radical (unpaired) electrons. The standard InChI is InChI=1S/C11H15BrN2O2/c1-11(2,7-15)14(3)10(16)8-4-5-13-9(12)6-8/h4-6,15H,7H2,1-3H3. The molecule has 1 N–H and O–H groups in total. The van der Waals surface area contributed by atoms with Crippen molar-refractivity contribution in [1.82, 2.24) is 9.88 Å². The average molecular weight is 287 g/mol. The third-order valence-electron chi connectivity index (χ3n) is 2.57. The van der Waals surface area contributed by atoms with Crippen molar-refractivity contribution >= 4 is 21.8 Å². The number of hydrogen-bond acceptors (Lipinski definition) is 3. The van der Waals surface area contributed by atoms with Gasteiger partial charge in [0.15, 0.2) is 0 Å². The summed E-state index contributed by atoms with van der Waals surface area (Å²) in [4.78, 5) is 17.6. The van der Waals surface area contributed by atoms with Crippen LogP contribution in [0.5, 0.6) is 0 Å². The molecule has 1 rings (SSSR count). The van der Waals surface area contributed by atoms with Gasteiger partial charge in [0.25, 0.3) is 5.91 Å². The predicted octanol–water partition coefficient (Wildman–Crippen LogP) is 1.69. The van der Waals surface area contributed by atoms with E-state index in [1.54, 1.807) is 39.2 Å². The number of carbonyl (C=O) groups excluding carboxylic acids is 1. The van der Waals surface area contributed by atoms with Gasteiger partial charge in [-0.25, -0.2) is 4.98 Å². The third-order valence-corrected chi connectivity index (χ3v) is 3.01. The maximum Gasteiger partial charge on any atom is 0.254 e. The Labute approximate surface area is 103 Å². The fourth-order valence-corrected chi connectivity index (χ4v) is 1.47. The topological polar surface area (TPSA) is 53.4 Å². The fraction of sp³-hybridized carbons (Fsp3) is 0.455. The van der Waals surface area contributed by atoms with Crippen LogP contribution in [0, 0.1) is 0 Å². The summed E-state index contributed by atoms with van der Waals surface area (Å²) in [6.07, 6.45) is 1.57. The molecule has 0 spiro atoms. The Morgan fingerprint density at radius 3 is 2.75 bits per heavy atom. The summed E-state index contributed by atoms with van der Waals surface area (Å²) in [6.45, 7) is 3.53. The van der Waals surface area contributed by atoms with Crippen LogP contribution in [-0.4, -0.2) is 40.1 Å². The molecule has 0 aliphatic heterocycles. The number of pyridine rings is 1. The molecule has 0 saturated carbocycles. The SMILES string of the molecule is CN(C(=O)c1ccnc(Br)c1)C(C)(C)CO. The fourth-order valence-electron chi connectivity index (χ4n) is 1.11. The Morgan fingerprint density at radius 1 is 1.62 bits per heavy atom. The zero-order valence-electron chi connectivity index (χ0n) is 9.57. The molecule has 0 fully saturated rings. The number of aliphatic hydroxyl groups excluding tert-OH is 1. The highest BCUT2D eigenvalue weighted by molar-refractivity contribution is 9.10. The van der Waals surface area contributed by atoms with E-state index < -0.39 is 5.54 Å². The van der Waals surface area contributed by atoms with Crippen molar-refractivity contribution in [3.8, 4) is 0 Å². The van der Waals surface area contributed by atoms with E-state index in [9.17, 15) is 9.90 Å².